The zero-order valence-corrected chi connectivity index (χ0v) is 11.4. The van der Waals surface area contributed by atoms with Gasteiger partial charge >= 0.3 is 0 Å². The van der Waals surface area contributed by atoms with Crippen LogP contribution in [0.5, 0.6) is 0 Å². The Balaban J connectivity index is 2.92. The minimum atomic E-state index is -0.966. The molecule has 0 saturated heterocycles. The number of amides is 1. The van der Waals surface area contributed by atoms with Crippen molar-refractivity contribution >= 4 is 5.91 Å². The number of carbonyl (C=O) groups excluding carboxylic acids is 1. The van der Waals surface area contributed by atoms with Gasteiger partial charge < -0.3 is 5.32 Å². The minimum absolute atomic E-state index is 0.221. The molecule has 0 saturated carbocycles. The number of carbonyl (C=O) groups is 1. The monoisotopic (exact) mass is 244 g/mol. The molecular formula is C15H20N2O. The van der Waals surface area contributed by atoms with Gasteiger partial charge in [-0.2, -0.15) is 5.26 Å². The summed E-state index contributed by atoms with van der Waals surface area (Å²) in [6.07, 6.45) is 0.500. The van der Waals surface area contributed by atoms with Crippen molar-refractivity contribution in [2.24, 2.45) is 5.41 Å². The number of rotatable bonds is 4. The van der Waals surface area contributed by atoms with Gasteiger partial charge in [0.25, 0.3) is 0 Å². The van der Waals surface area contributed by atoms with Gasteiger partial charge in [0.2, 0.25) is 5.91 Å². The van der Waals surface area contributed by atoms with E-state index in [1.54, 1.807) is 6.92 Å². The molecule has 0 heterocycles. The van der Waals surface area contributed by atoms with Gasteiger partial charge in [0.1, 0.15) is 5.41 Å². The quantitative estimate of drug-likeness (QED) is 0.885. The fourth-order valence-electron chi connectivity index (χ4n) is 1.64. The van der Waals surface area contributed by atoms with Crippen LogP contribution < -0.4 is 5.32 Å². The highest BCUT2D eigenvalue weighted by Gasteiger charge is 2.35. The summed E-state index contributed by atoms with van der Waals surface area (Å²) in [5, 5.41) is 12.1. The molecule has 1 amide bonds. The Kier molecular flexibility index (Phi) is 4.13. The largest absolute Gasteiger partial charge is 0.346 e. The summed E-state index contributed by atoms with van der Waals surface area (Å²) in [5.41, 5.74) is -0.424. The van der Waals surface area contributed by atoms with Crippen molar-refractivity contribution in [3.63, 3.8) is 0 Å². The predicted octanol–water partition coefficient (Wildman–Crippen LogP) is 2.98. The van der Waals surface area contributed by atoms with E-state index in [9.17, 15) is 4.79 Å². The number of hydrogen-bond acceptors (Lipinski definition) is 2. The van der Waals surface area contributed by atoms with E-state index in [2.05, 4.69) is 11.4 Å². The minimum Gasteiger partial charge on any atom is -0.346 e. The first-order valence-electron chi connectivity index (χ1n) is 6.15. The van der Waals surface area contributed by atoms with E-state index in [4.69, 9.17) is 5.26 Å². The highest BCUT2D eigenvalue weighted by molar-refractivity contribution is 5.85. The molecule has 0 aliphatic carbocycles. The van der Waals surface area contributed by atoms with Crippen LogP contribution in [0.25, 0.3) is 0 Å². The molecule has 1 aromatic carbocycles. The molecule has 1 N–H and O–H groups in total. The number of benzene rings is 1. The van der Waals surface area contributed by atoms with Crippen LogP contribution in [-0.4, -0.2) is 5.91 Å². The van der Waals surface area contributed by atoms with E-state index >= 15 is 0 Å². The van der Waals surface area contributed by atoms with Crippen molar-refractivity contribution in [1.29, 1.82) is 5.26 Å². The van der Waals surface area contributed by atoms with Crippen molar-refractivity contribution in [3.8, 4) is 6.07 Å². The molecule has 0 aromatic heterocycles. The summed E-state index contributed by atoms with van der Waals surface area (Å²) in [4.78, 5) is 12.2. The van der Waals surface area contributed by atoms with Crippen LogP contribution in [-0.2, 0) is 10.3 Å². The average Bonchev–Trinajstić information content (AvgIpc) is 2.38. The highest BCUT2D eigenvalue weighted by Crippen LogP contribution is 2.25. The van der Waals surface area contributed by atoms with Crippen LogP contribution in [0.15, 0.2) is 30.3 Å². The molecule has 96 valence electrons. The lowest BCUT2D eigenvalue weighted by atomic mass is 9.86. The lowest BCUT2D eigenvalue weighted by molar-refractivity contribution is -0.129. The maximum absolute atomic E-state index is 12.2. The van der Waals surface area contributed by atoms with E-state index in [1.807, 2.05) is 51.1 Å². The van der Waals surface area contributed by atoms with Crippen molar-refractivity contribution in [3.05, 3.63) is 35.9 Å². The molecule has 0 radical (unpaired) electrons. The Bertz CT molecular complexity index is 459. The average molecular weight is 244 g/mol. The van der Waals surface area contributed by atoms with Crippen molar-refractivity contribution in [2.45, 2.75) is 39.7 Å². The van der Waals surface area contributed by atoms with Crippen LogP contribution in [0.3, 0.4) is 0 Å². The standard InChI is InChI=1S/C15H20N2O/c1-5-15(4,11-16)13(18)17-14(2,3)12-9-7-6-8-10-12/h6-10H,5H2,1-4H3,(H,17,18). The Labute approximate surface area is 109 Å². The molecule has 0 aliphatic heterocycles. The van der Waals surface area contributed by atoms with Crippen LogP contribution in [0.4, 0.5) is 0 Å². The molecule has 0 bridgehead atoms. The fraction of sp³-hybridized carbons (Fsp3) is 0.467. The molecule has 0 aliphatic rings. The molecule has 1 aromatic rings. The molecule has 18 heavy (non-hydrogen) atoms. The maximum atomic E-state index is 12.2. The number of nitrogens with zero attached hydrogens (tertiary/aromatic N) is 1. The summed E-state index contributed by atoms with van der Waals surface area (Å²) in [6.45, 7) is 7.39. The topological polar surface area (TPSA) is 52.9 Å². The van der Waals surface area contributed by atoms with Gasteiger partial charge in [-0.05, 0) is 32.8 Å². The first-order chi connectivity index (χ1) is 8.35. The summed E-state index contributed by atoms with van der Waals surface area (Å²) >= 11 is 0. The first-order valence-corrected chi connectivity index (χ1v) is 6.15. The summed E-state index contributed by atoms with van der Waals surface area (Å²) in [7, 11) is 0. The third kappa shape index (κ3) is 2.89. The van der Waals surface area contributed by atoms with E-state index in [0.29, 0.717) is 6.42 Å². The van der Waals surface area contributed by atoms with Crippen molar-refractivity contribution in [1.82, 2.24) is 5.32 Å². The van der Waals surface area contributed by atoms with Crippen LogP contribution in [0.2, 0.25) is 0 Å². The summed E-state index contributed by atoms with van der Waals surface area (Å²) in [6, 6.07) is 11.8. The van der Waals surface area contributed by atoms with Gasteiger partial charge in [-0.15, -0.1) is 0 Å². The smallest absolute Gasteiger partial charge is 0.240 e. The van der Waals surface area contributed by atoms with Crippen LogP contribution in [0.1, 0.15) is 39.7 Å². The van der Waals surface area contributed by atoms with Crippen molar-refractivity contribution < 1.29 is 4.79 Å². The number of nitrogens with one attached hydrogen (secondary N) is 1. The summed E-state index contributed by atoms with van der Waals surface area (Å²) in [5.74, 6) is -0.221. The third-order valence-corrected chi connectivity index (χ3v) is 3.38. The maximum Gasteiger partial charge on any atom is 0.240 e. The molecule has 1 rings (SSSR count). The molecule has 0 spiro atoms. The Morgan fingerprint density at radius 3 is 2.28 bits per heavy atom. The number of nitriles is 1. The Morgan fingerprint density at radius 2 is 1.83 bits per heavy atom. The second-order valence-corrected chi connectivity index (χ2v) is 5.24. The lowest BCUT2D eigenvalue weighted by Gasteiger charge is -2.30. The van der Waals surface area contributed by atoms with Crippen LogP contribution >= 0.6 is 0 Å². The zero-order chi connectivity index (χ0) is 13.8. The highest BCUT2D eigenvalue weighted by atomic mass is 16.2. The summed E-state index contributed by atoms with van der Waals surface area (Å²) < 4.78 is 0. The Hall–Kier alpha value is -1.82. The van der Waals surface area contributed by atoms with E-state index in [1.165, 1.54) is 0 Å². The molecule has 0 fully saturated rings. The lowest BCUT2D eigenvalue weighted by Crippen LogP contribution is -2.47. The van der Waals surface area contributed by atoms with Gasteiger partial charge in [0.05, 0.1) is 11.6 Å². The number of hydrogen-bond donors (Lipinski definition) is 1. The van der Waals surface area contributed by atoms with Gasteiger partial charge in [0, 0.05) is 0 Å². The van der Waals surface area contributed by atoms with Gasteiger partial charge in [-0.3, -0.25) is 4.79 Å². The fourth-order valence-corrected chi connectivity index (χ4v) is 1.64. The van der Waals surface area contributed by atoms with Gasteiger partial charge in [0.15, 0.2) is 0 Å². The Morgan fingerprint density at radius 1 is 1.28 bits per heavy atom. The van der Waals surface area contributed by atoms with Crippen LogP contribution in [0, 0.1) is 16.7 Å². The molecular weight excluding hydrogens is 224 g/mol. The molecule has 1 atom stereocenters. The van der Waals surface area contributed by atoms with E-state index in [-0.39, 0.29) is 5.91 Å². The zero-order valence-electron chi connectivity index (χ0n) is 11.4. The van der Waals surface area contributed by atoms with Crippen molar-refractivity contribution in [2.75, 3.05) is 0 Å². The third-order valence-electron chi connectivity index (χ3n) is 3.38. The SMILES string of the molecule is CCC(C)(C#N)C(=O)NC(C)(C)c1ccccc1. The molecule has 1 unspecified atom stereocenters. The normalized spacial score (nSPS) is 14.4. The molecule has 3 nitrogen and oxygen atoms in total. The second kappa shape index (κ2) is 5.22. The van der Waals surface area contributed by atoms with E-state index < -0.39 is 11.0 Å². The second-order valence-electron chi connectivity index (χ2n) is 5.24. The van der Waals surface area contributed by atoms with Gasteiger partial charge in [-0.25, -0.2) is 0 Å². The first kappa shape index (κ1) is 14.2. The van der Waals surface area contributed by atoms with E-state index in [0.717, 1.165) is 5.56 Å². The molecule has 3 heteroatoms. The van der Waals surface area contributed by atoms with Gasteiger partial charge in [-0.1, -0.05) is 37.3 Å². The predicted molar refractivity (Wildman–Crippen MR) is 71.6 cm³/mol.